The van der Waals surface area contributed by atoms with Crippen LogP contribution in [0.4, 0.5) is 5.82 Å². The number of nitrogens with zero attached hydrogens (tertiary/aromatic N) is 3. The highest BCUT2D eigenvalue weighted by Gasteiger charge is 2.23. The third-order valence-corrected chi connectivity index (χ3v) is 6.52. The number of benzene rings is 2. The standard InChI is InChI=1S/C27H30N4O/c1-18-7-4-5-10-23(18)24-25(22-13-11-21(12-14-22)20-8-6-9-20)30-27-28-15-16-31(27)26(24)29-19(2)17-32-3/h4-5,7,10-16,19-20,29H,6,8-9,17H2,1-3H3. The summed E-state index contributed by atoms with van der Waals surface area (Å²) < 4.78 is 7.44. The van der Waals surface area contributed by atoms with Crippen molar-refractivity contribution in [3.05, 3.63) is 72.1 Å². The van der Waals surface area contributed by atoms with Crippen LogP contribution in [-0.2, 0) is 4.74 Å². The fraction of sp³-hybridized carbons (Fsp3) is 0.333. The van der Waals surface area contributed by atoms with Crippen molar-refractivity contribution in [3.63, 3.8) is 0 Å². The first-order valence-electron chi connectivity index (χ1n) is 11.4. The molecule has 2 aromatic heterocycles. The molecule has 1 fully saturated rings. The molecule has 1 aliphatic carbocycles. The maximum Gasteiger partial charge on any atom is 0.235 e. The molecule has 1 unspecified atom stereocenters. The molecule has 4 aromatic rings. The number of nitrogens with one attached hydrogen (secondary N) is 1. The van der Waals surface area contributed by atoms with Gasteiger partial charge in [0.2, 0.25) is 5.78 Å². The lowest BCUT2D eigenvalue weighted by Crippen LogP contribution is -2.23. The van der Waals surface area contributed by atoms with E-state index in [4.69, 9.17) is 9.72 Å². The second kappa shape index (κ2) is 8.75. The molecule has 164 valence electrons. The van der Waals surface area contributed by atoms with E-state index in [2.05, 4.69) is 72.7 Å². The van der Waals surface area contributed by atoms with Crippen molar-refractivity contribution >= 4 is 11.6 Å². The molecule has 2 aromatic carbocycles. The van der Waals surface area contributed by atoms with Gasteiger partial charge in [-0.3, -0.25) is 4.40 Å². The van der Waals surface area contributed by atoms with Gasteiger partial charge in [-0.2, -0.15) is 0 Å². The Morgan fingerprint density at radius 2 is 1.91 bits per heavy atom. The number of ether oxygens (including phenoxy) is 1. The molecule has 0 spiro atoms. The smallest absolute Gasteiger partial charge is 0.235 e. The van der Waals surface area contributed by atoms with Crippen LogP contribution >= 0.6 is 0 Å². The summed E-state index contributed by atoms with van der Waals surface area (Å²) in [5, 5.41) is 3.68. The number of aryl methyl sites for hydroxylation is 1. The zero-order chi connectivity index (χ0) is 22.1. The number of anilines is 1. The van der Waals surface area contributed by atoms with Crippen molar-refractivity contribution < 1.29 is 4.74 Å². The molecule has 2 heterocycles. The molecule has 0 aliphatic heterocycles. The monoisotopic (exact) mass is 426 g/mol. The highest BCUT2D eigenvalue weighted by atomic mass is 16.5. The molecule has 5 nitrogen and oxygen atoms in total. The molecule has 0 radical (unpaired) electrons. The van der Waals surface area contributed by atoms with Crippen molar-refractivity contribution in [1.29, 1.82) is 0 Å². The number of hydrogen-bond donors (Lipinski definition) is 1. The van der Waals surface area contributed by atoms with Crippen LogP contribution in [0.15, 0.2) is 60.9 Å². The van der Waals surface area contributed by atoms with E-state index in [0.29, 0.717) is 12.4 Å². The molecule has 0 saturated heterocycles. The molecule has 5 rings (SSSR count). The number of methoxy groups -OCH3 is 1. The maximum atomic E-state index is 5.40. The van der Waals surface area contributed by atoms with Crippen molar-refractivity contribution in [2.75, 3.05) is 19.0 Å². The number of aromatic nitrogens is 3. The predicted octanol–water partition coefficient (Wildman–Crippen LogP) is 6.09. The fourth-order valence-corrected chi connectivity index (χ4v) is 4.58. The Morgan fingerprint density at radius 1 is 1.12 bits per heavy atom. The minimum absolute atomic E-state index is 0.129. The van der Waals surface area contributed by atoms with Crippen LogP contribution < -0.4 is 5.32 Å². The van der Waals surface area contributed by atoms with Gasteiger partial charge in [-0.15, -0.1) is 0 Å². The van der Waals surface area contributed by atoms with Gasteiger partial charge in [0, 0.05) is 36.7 Å². The Balaban J connectivity index is 1.72. The third-order valence-electron chi connectivity index (χ3n) is 6.52. The molecular formula is C27H30N4O. The summed E-state index contributed by atoms with van der Waals surface area (Å²) in [7, 11) is 1.73. The second-order valence-electron chi connectivity index (χ2n) is 8.85. The fourth-order valence-electron chi connectivity index (χ4n) is 4.58. The van der Waals surface area contributed by atoms with E-state index >= 15 is 0 Å². The van der Waals surface area contributed by atoms with Crippen LogP contribution in [0.1, 0.15) is 43.2 Å². The summed E-state index contributed by atoms with van der Waals surface area (Å²) in [6.45, 7) is 4.89. The summed E-state index contributed by atoms with van der Waals surface area (Å²) in [4.78, 5) is 9.55. The molecule has 1 N–H and O–H groups in total. The Kier molecular flexibility index (Phi) is 5.66. The minimum atomic E-state index is 0.129. The average molecular weight is 427 g/mol. The molecule has 32 heavy (non-hydrogen) atoms. The Hall–Kier alpha value is -3.18. The second-order valence-corrected chi connectivity index (χ2v) is 8.85. The lowest BCUT2D eigenvalue weighted by molar-refractivity contribution is 0.190. The van der Waals surface area contributed by atoms with Gasteiger partial charge in [-0.1, -0.05) is 55.0 Å². The van der Waals surface area contributed by atoms with Crippen LogP contribution in [0.5, 0.6) is 0 Å². The highest BCUT2D eigenvalue weighted by molar-refractivity contribution is 5.91. The first-order valence-corrected chi connectivity index (χ1v) is 11.4. The van der Waals surface area contributed by atoms with E-state index in [1.54, 1.807) is 13.3 Å². The molecule has 5 heteroatoms. The minimum Gasteiger partial charge on any atom is -0.383 e. The molecule has 0 bridgehead atoms. The van der Waals surface area contributed by atoms with Crippen LogP contribution in [0, 0.1) is 6.92 Å². The number of fused-ring (bicyclic) bond motifs is 1. The summed E-state index contributed by atoms with van der Waals surface area (Å²) in [5.74, 6) is 2.40. The molecule has 0 amide bonds. The van der Waals surface area contributed by atoms with E-state index in [9.17, 15) is 0 Å². The maximum absolute atomic E-state index is 5.40. The highest BCUT2D eigenvalue weighted by Crippen LogP contribution is 2.41. The number of hydrogen-bond acceptors (Lipinski definition) is 4. The SMILES string of the molecule is COCC(C)Nc1c(-c2ccccc2C)c(-c2ccc(C3CCC3)cc2)nc2nccn12. The van der Waals surface area contributed by atoms with Crippen LogP contribution in [-0.4, -0.2) is 34.1 Å². The van der Waals surface area contributed by atoms with Crippen LogP contribution in [0.2, 0.25) is 0 Å². The first kappa shape index (κ1) is 20.7. The summed E-state index contributed by atoms with van der Waals surface area (Å²) in [6.07, 6.45) is 7.72. The van der Waals surface area contributed by atoms with E-state index in [0.717, 1.165) is 28.6 Å². The van der Waals surface area contributed by atoms with Gasteiger partial charge in [0.1, 0.15) is 5.82 Å². The zero-order valence-corrected chi connectivity index (χ0v) is 19.0. The van der Waals surface area contributed by atoms with E-state index in [1.807, 2.05) is 10.6 Å². The Bertz CT molecular complexity index is 1220. The van der Waals surface area contributed by atoms with Crippen LogP contribution in [0.25, 0.3) is 28.2 Å². The normalized spacial score (nSPS) is 15.0. The lowest BCUT2D eigenvalue weighted by Gasteiger charge is -2.26. The van der Waals surface area contributed by atoms with Gasteiger partial charge < -0.3 is 10.1 Å². The Labute approximate surface area is 189 Å². The summed E-state index contributed by atoms with van der Waals surface area (Å²) >= 11 is 0. The predicted molar refractivity (Wildman–Crippen MR) is 130 cm³/mol. The van der Waals surface area contributed by atoms with Crippen molar-refractivity contribution in [3.8, 4) is 22.4 Å². The van der Waals surface area contributed by atoms with Gasteiger partial charge in [-0.05, 0) is 49.3 Å². The van der Waals surface area contributed by atoms with Gasteiger partial charge in [-0.25, -0.2) is 9.97 Å². The van der Waals surface area contributed by atoms with E-state index in [1.165, 1.54) is 36.0 Å². The summed E-state index contributed by atoms with van der Waals surface area (Å²) in [6, 6.07) is 17.6. The molecule has 1 atom stereocenters. The number of imidazole rings is 1. The third kappa shape index (κ3) is 3.78. The van der Waals surface area contributed by atoms with Gasteiger partial charge in [0.05, 0.1) is 12.3 Å². The van der Waals surface area contributed by atoms with Gasteiger partial charge >= 0.3 is 0 Å². The average Bonchev–Trinajstić information content (AvgIpc) is 3.23. The topological polar surface area (TPSA) is 51.5 Å². The molecule has 1 saturated carbocycles. The first-order chi connectivity index (χ1) is 15.7. The van der Waals surface area contributed by atoms with Crippen molar-refractivity contribution in [2.24, 2.45) is 0 Å². The van der Waals surface area contributed by atoms with Crippen molar-refractivity contribution in [2.45, 2.75) is 45.1 Å². The van der Waals surface area contributed by atoms with E-state index < -0.39 is 0 Å². The lowest BCUT2D eigenvalue weighted by atomic mass is 9.80. The summed E-state index contributed by atoms with van der Waals surface area (Å²) in [5.41, 5.74) is 6.97. The molecule has 1 aliphatic rings. The van der Waals surface area contributed by atoms with Crippen LogP contribution in [0.3, 0.4) is 0 Å². The molecular weight excluding hydrogens is 396 g/mol. The largest absolute Gasteiger partial charge is 0.383 e. The Morgan fingerprint density at radius 3 is 2.59 bits per heavy atom. The quantitative estimate of drug-likeness (QED) is 0.389. The van der Waals surface area contributed by atoms with Crippen molar-refractivity contribution in [1.82, 2.24) is 14.4 Å². The van der Waals surface area contributed by atoms with E-state index in [-0.39, 0.29) is 6.04 Å². The number of rotatable bonds is 7. The zero-order valence-electron chi connectivity index (χ0n) is 19.0. The van der Waals surface area contributed by atoms with Gasteiger partial charge in [0.25, 0.3) is 0 Å². The van der Waals surface area contributed by atoms with Gasteiger partial charge in [0.15, 0.2) is 0 Å².